The molecule has 8 heteroatoms. The molecule has 8 nitrogen and oxygen atoms in total. The lowest BCUT2D eigenvalue weighted by Crippen LogP contribution is -2.37. The fraction of sp³-hybridized carbons (Fsp3) is 0.360. The Labute approximate surface area is 193 Å². The van der Waals surface area contributed by atoms with Gasteiger partial charge in [-0.05, 0) is 55.3 Å². The quantitative estimate of drug-likeness (QED) is 0.481. The van der Waals surface area contributed by atoms with Gasteiger partial charge in [-0.15, -0.1) is 0 Å². The Hall–Kier alpha value is -3.52. The lowest BCUT2D eigenvalue weighted by Gasteiger charge is -2.24. The predicted molar refractivity (Wildman–Crippen MR) is 122 cm³/mol. The van der Waals surface area contributed by atoms with Gasteiger partial charge in [0, 0.05) is 24.8 Å². The first kappa shape index (κ1) is 22.7. The van der Waals surface area contributed by atoms with Gasteiger partial charge in [0.25, 0.3) is 5.91 Å². The first-order valence-electron chi connectivity index (χ1n) is 10.8. The molecule has 1 aromatic heterocycles. The molecule has 4 rings (SSSR count). The van der Waals surface area contributed by atoms with E-state index in [0.717, 1.165) is 25.0 Å². The zero-order valence-electron chi connectivity index (χ0n) is 19.1. The van der Waals surface area contributed by atoms with Gasteiger partial charge in [0.15, 0.2) is 5.76 Å². The van der Waals surface area contributed by atoms with E-state index < -0.39 is 0 Å². The number of carbonyl (C=O) groups excluding carboxylic acids is 1. The number of benzene rings is 2. The third kappa shape index (κ3) is 5.28. The van der Waals surface area contributed by atoms with Crippen LogP contribution >= 0.6 is 0 Å². The van der Waals surface area contributed by atoms with Crippen molar-refractivity contribution < 1.29 is 28.3 Å². The Balaban J connectivity index is 1.57. The van der Waals surface area contributed by atoms with E-state index >= 15 is 0 Å². The number of methoxy groups -OCH3 is 3. The van der Waals surface area contributed by atoms with Crippen LogP contribution in [0, 0.1) is 0 Å². The van der Waals surface area contributed by atoms with Gasteiger partial charge in [-0.3, -0.25) is 4.79 Å². The molecule has 1 aliphatic rings. The molecule has 3 aromatic rings. The zero-order chi connectivity index (χ0) is 23.2. The molecule has 174 valence electrons. The average molecular weight is 453 g/mol. The van der Waals surface area contributed by atoms with E-state index in [2.05, 4.69) is 5.16 Å². The van der Waals surface area contributed by atoms with Crippen LogP contribution in [-0.2, 0) is 11.3 Å². The lowest BCUT2D eigenvalue weighted by atomic mass is 10.1. The van der Waals surface area contributed by atoms with Crippen molar-refractivity contribution in [1.82, 2.24) is 10.1 Å². The Morgan fingerprint density at radius 3 is 2.45 bits per heavy atom. The lowest BCUT2D eigenvalue weighted by molar-refractivity contribution is 0.0502. The predicted octanol–water partition coefficient (Wildman–Crippen LogP) is 4.19. The molecular weight excluding hydrogens is 424 g/mol. The van der Waals surface area contributed by atoms with Gasteiger partial charge in [0.05, 0.1) is 39.5 Å². The maximum atomic E-state index is 13.3. The van der Waals surface area contributed by atoms with Crippen molar-refractivity contribution in [2.75, 3.05) is 34.5 Å². The smallest absolute Gasteiger partial charge is 0.254 e. The first-order valence-corrected chi connectivity index (χ1v) is 10.8. The van der Waals surface area contributed by atoms with Gasteiger partial charge in [0.2, 0.25) is 0 Å². The van der Waals surface area contributed by atoms with Crippen molar-refractivity contribution in [2.24, 2.45) is 0 Å². The van der Waals surface area contributed by atoms with Crippen LogP contribution in [0.15, 0.2) is 53.1 Å². The van der Waals surface area contributed by atoms with Gasteiger partial charge in [0.1, 0.15) is 22.9 Å². The number of hydrogen-bond donors (Lipinski definition) is 0. The molecule has 0 spiro atoms. The molecular formula is C25H28N2O6. The maximum absolute atomic E-state index is 13.3. The summed E-state index contributed by atoms with van der Waals surface area (Å²) in [7, 11) is 4.80. The fourth-order valence-corrected chi connectivity index (χ4v) is 3.89. The minimum absolute atomic E-state index is 0.0112. The second kappa shape index (κ2) is 10.4. The van der Waals surface area contributed by atoms with E-state index in [4.69, 9.17) is 23.5 Å². The van der Waals surface area contributed by atoms with Crippen molar-refractivity contribution >= 4 is 5.91 Å². The summed E-state index contributed by atoms with van der Waals surface area (Å²) in [5.74, 6) is 2.46. The molecule has 1 amide bonds. The second-order valence-electron chi connectivity index (χ2n) is 7.80. The second-order valence-corrected chi connectivity index (χ2v) is 7.80. The summed E-state index contributed by atoms with van der Waals surface area (Å²) in [6, 6.07) is 14.4. The molecule has 1 atom stereocenters. The average Bonchev–Trinajstić information content (AvgIpc) is 3.55. The third-order valence-corrected chi connectivity index (χ3v) is 5.66. The van der Waals surface area contributed by atoms with Gasteiger partial charge in [-0.1, -0.05) is 5.16 Å². The topological polar surface area (TPSA) is 83.3 Å². The highest BCUT2D eigenvalue weighted by Gasteiger charge is 2.25. The molecule has 2 aromatic carbocycles. The van der Waals surface area contributed by atoms with Gasteiger partial charge < -0.3 is 28.4 Å². The van der Waals surface area contributed by atoms with Crippen molar-refractivity contribution in [3.8, 4) is 28.6 Å². The summed E-state index contributed by atoms with van der Waals surface area (Å²) < 4.78 is 27.4. The van der Waals surface area contributed by atoms with E-state index in [1.807, 2.05) is 24.3 Å². The molecule has 2 heterocycles. The van der Waals surface area contributed by atoms with Crippen molar-refractivity contribution in [3.05, 3.63) is 59.8 Å². The molecule has 1 fully saturated rings. The van der Waals surface area contributed by atoms with Gasteiger partial charge >= 0.3 is 0 Å². The summed E-state index contributed by atoms with van der Waals surface area (Å²) in [5, 5.41) is 4.22. The molecule has 0 radical (unpaired) electrons. The highest BCUT2D eigenvalue weighted by Crippen LogP contribution is 2.34. The highest BCUT2D eigenvalue weighted by molar-refractivity contribution is 5.94. The molecule has 33 heavy (non-hydrogen) atoms. The van der Waals surface area contributed by atoms with Crippen LogP contribution in [0.2, 0.25) is 0 Å². The van der Waals surface area contributed by atoms with E-state index in [-0.39, 0.29) is 12.0 Å². The summed E-state index contributed by atoms with van der Waals surface area (Å²) >= 11 is 0. The van der Waals surface area contributed by atoms with Crippen molar-refractivity contribution in [3.63, 3.8) is 0 Å². The largest absolute Gasteiger partial charge is 0.497 e. The van der Waals surface area contributed by atoms with Crippen molar-refractivity contribution in [1.29, 1.82) is 0 Å². The standard InChI is InChI=1S/C25H28N2O6/c1-29-19-8-6-17(7-9-19)25(28)27(16-21-5-4-12-32-21)15-18-13-24(33-26-18)22-14-20(30-2)10-11-23(22)31-3/h6-11,13-14,21H,4-5,12,15-16H2,1-3H3. The van der Waals surface area contributed by atoms with Crippen LogP contribution in [0.5, 0.6) is 17.2 Å². The Kier molecular flexibility index (Phi) is 7.14. The maximum Gasteiger partial charge on any atom is 0.254 e. The zero-order valence-corrected chi connectivity index (χ0v) is 19.1. The summed E-state index contributed by atoms with van der Waals surface area (Å²) in [5.41, 5.74) is 1.93. The number of ether oxygens (including phenoxy) is 4. The summed E-state index contributed by atoms with van der Waals surface area (Å²) in [6.07, 6.45) is 1.94. The summed E-state index contributed by atoms with van der Waals surface area (Å²) in [6.45, 7) is 1.50. The van der Waals surface area contributed by atoms with E-state index in [9.17, 15) is 4.79 Å². The van der Waals surface area contributed by atoms with E-state index in [1.165, 1.54) is 0 Å². The Bertz CT molecular complexity index is 1070. The molecule has 0 aliphatic carbocycles. The van der Waals surface area contributed by atoms with Crippen LogP contribution in [0.4, 0.5) is 0 Å². The number of aromatic nitrogens is 1. The highest BCUT2D eigenvalue weighted by atomic mass is 16.5. The molecule has 0 bridgehead atoms. The number of amides is 1. The van der Waals surface area contributed by atoms with Gasteiger partial charge in [-0.25, -0.2) is 0 Å². The van der Waals surface area contributed by atoms with Crippen molar-refractivity contribution in [2.45, 2.75) is 25.5 Å². The van der Waals surface area contributed by atoms with Crippen LogP contribution in [0.25, 0.3) is 11.3 Å². The third-order valence-electron chi connectivity index (χ3n) is 5.66. The Morgan fingerprint density at radius 1 is 1.03 bits per heavy atom. The Morgan fingerprint density at radius 2 is 1.79 bits per heavy atom. The normalized spacial score (nSPS) is 15.3. The van der Waals surface area contributed by atoms with E-state index in [1.54, 1.807) is 50.5 Å². The van der Waals surface area contributed by atoms with Crippen LogP contribution < -0.4 is 14.2 Å². The van der Waals surface area contributed by atoms with Crippen LogP contribution in [-0.4, -0.2) is 56.5 Å². The molecule has 1 unspecified atom stereocenters. The minimum Gasteiger partial charge on any atom is -0.497 e. The van der Waals surface area contributed by atoms with Gasteiger partial charge in [-0.2, -0.15) is 0 Å². The first-order chi connectivity index (χ1) is 16.1. The molecule has 1 aliphatic heterocycles. The number of carbonyl (C=O) groups is 1. The number of hydrogen-bond acceptors (Lipinski definition) is 7. The number of nitrogens with zero attached hydrogens (tertiary/aromatic N) is 2. The monoisotopic (exact) mass is 452 g/mol. The van der Waals surface area contributed by atoms with Crippen LogP contribution in [0.3, 0.4) is 0 Å². The molecule has 0 N–H and O–H groups in total. The molecule has 1 saturated heterocycles. The summed E-state index contributed by atoms with van der Waals surface area (Å²) in [4.78, 5) is 15.1. The fourth-order valence-electron chi connectivity index (χ4n) is 3.89. The SMILES string of the molecule is COc1ccc(C(=O)N(Cc2cc(-c3cc(OC)ccc3OC)on2)CC2CCCO2)cc1. The number of rotatable bonds is 9. The minimum atomic E-state index is -0.100. The molecule has 0 saturated carbocycles. The van der Waals surface area contributed by atoms with Crippen LogP contribution in [0.1, 0.15) is 28.9 Å². The van der Waals surface area contributed by atoms with E-state index in [0.29, 0.717) is 47.4 Å².